The van der Waals surface area contributed by atoms with E-state index in [2.05, 4.69) is 27.1 Å². The molecule has 0 spiro atoms. The van der Waals surface area contributed by atoms with E-state index in [4.69, 9.17) is 23.2 Å². The average molecular weight is 445 g/mol. The summed E-state index contributed by atoms with van der Waals surface area (Å²) in [6.45, 7) is 0. The van der Waals surface area contributed by atoms with Crippen molar-refractivity contribution < 1.29 is 22.1 Å². The Hall–Kier alpha value is -2.29. The number of alkyl halides is 3. The maximum Gasteiger partial charge on any atom is 0.451 e. The number of rotatable bonds is 3. The molecule has 0 aliphatic heterocycles. The number of thiol groups is 1. The zero-order valence-corrected chi connectivity index (χ0v) is 16.1. The van der Waals surface area contributed by atoms with Gasteiger partial charge in [-0.05, 0) is 29.8 Å². The van der Waals surface area contributed by atoms with Gasteiger partial charge < -0.3 is 4.18 Å². The maximum absolute atomic E-state index is 13.2. The Morgan fingerprint density at radius 1 is 0.929 bits per heavy atom. The van der Waals surface area contributed by atoms with Crippen molar-refractivity contribution in [3.63, 3.8) is 0 Å². The van der Waals surface area contributed by atoms with Gasteiger partial charge in [0.25, 0.3) is 0 Å². The molecule has 0 bridgehead atoms. The molecule has 10 heteroatoms. The van der Waals surface area contributed by atoms with Crippen molar-refractivity contribution in [2.75, 3.05) is 0 Å². The van der Waals surface area contributed by atoms with Gasteiger partial charge in [-0.15, -0.1) is 0 Å². The summed E-state index contributed by atoms with van der Waals surface area (Å²) in [7, 11) is 0. The van der Waals surface area contributed by atoms with Crippen LogP contribution in [0.15, 0.2) is 48.5 Å². The van der Waals surface area contributed by atoms with E-state index >= 15 is 0 Å². The van der Waals surface area contributed by atoms with Gasteiger partial charge in [0.15, 0.2) is 0 Å². The third-order valence-corrected chi connectivity index (χ3v) is 4.42. The van der Waals surface area contributed by atoms with Gasteiger partial charge in [-0.25, -0.2) is 14.8 Å². The minimum atomic E-state index is -4.79. The molecule has 0 radical (unpaired) electrons. The van der Waals surface area contributed by atoms with Crippen LogP contribution in [0.4, 0.5) is 13.2 Å². The molecular formula is C18H9Cl2F3N2O2S. The molecule has 0 N–H and O–H groups in total. The van der Waals surface area contributed by atoms with Crippen LogP contribution in [0.5, 0.6) is 0 Å². The molecule has 1 aromatic heterocycles. The standard InChI is InChI=1S/C18H9Cl2F3N2O2S/c19-12-7-5-9(6-8-12)13-14(24-17(18(21,22)23)25-15(13)20)10-1-3-11(4-2-10)16(26)27-28/h1-8,28H. The largest absolute Gasteiger partial charge is 0.451 e. The van der Waals surface area contributed by atoms with Crippen molar-refractivity contribution in [3.8, 4) is 22.4 Å². The summed E-state index contributed by atoms with van der Waals surface area (Å²) in [5, 5.41) is 0.0855. The molecule has 0 saturated carbocycles. The first-order chi connectivity index (χ1) is 13.2. The number of carbonyl (C=O) groups is 1. The molecule has 1 heterocycles. The average Bonchev–Trinajstić information content (AvgIpc) is 2.67. The van der Waals surface area contributed by atoms with Gasteiger partial charge >= 0.3 is 12.1 Å². The Kier molecular flexibility index (Phi) is 5.83. The number of benzene rings is 2. The number of hydrogen-bond donors (Lipinski definition) is 1. The minimum Gasteiger partial charge on any atom is -0.391 e. The third-order valence-electron chi connectivity index (χ3n) is 3.73. The maximum atomic E-state index is 13.2. The zero-order chi connectivity index (χ0) is 20.5. The monoisotopic (exact) mass is 444 g/mol. The van der Waals surface area contributed by atoms with Crippen molar-refractivity contribution in [1.82, 2.24) is 9.97 Å². The Balaban J connectivity index is 2.23. The summed E-state index contributed by atoms with van der Waals surface area (Å²) in [6.07, 6.45) is -4.79. The SMILES string of the molecule is O=C(OS)c1ccc(-c2nc(C(F)(F)F)nc(Cl)c2-c2ccc(Cl)cc2)cc1. The lowest BCUT2D eigenvalue weighted by molar-refractivity contribution is -0.144. The summed E-state index contributed by atoms with van der Waals surface area (Å²) in [5.41, 5.74) is 1.12. The topological polar surface area (TPSA) is 52.1 Å². The number of hydrogen-bond acceptors (Lipinski definition) is 5. The third kappa shape index (κ3) is 4.24. The fourth-order valence-electron chi connectivity index (χ4n) is 2.46. The second kappa shape index (κ2) is 7.98. The van der Waals surface area contributed by atoms with Crippen LogP contribution in [0.2, 0.25) is 10.2 Å². The lowest BCUT2D eigenvalue weighted by Gasteiger charge is -2.14. The Morgan fingerprint density at radius 2 is 1.50 bits per heavy atom. The van der Waals surface area contributed by atoms with Crippen molar-refractivity contribution >= 4 is 42.1 Å². The molecule has 0 fully saturated rings. The lowest BCUT2D eigenvalue weighted by Crippen LogP contribution is -2.13. The first kappa shape index (κ1) is 20.4. The highest BCUT2D eigenvalue weighted by molar-refractivity contribution is 7.75. The van der Waals surface area contributed by atoms with Crippen LogP contribution in [0.3, 0.4) is 0 Å². The molecule has 0 saturated heterocycles. The Morgan fingerprint density at radius 3 is 2.04 bits per heavy atom. The van der Waals surface area contributed by atoms with Crippen molar-refractivity contribution in [1.29, 1.82) is 0 Å². The molecule has 3 aromatic rings. The van der Waals surface area contributed by atoms with Crippen LogP contribution in [0, 0.1) is 0 Å². The Bertz CT molecular complexity index is 1030. The zero-order valence-electron chi connectivity index (χ0n) is 13.7. The van der Waals surface area contributed by atoms with Gasteiger partial charge in [0, 0.05) is 29.1 Å². The highest BCUT2D eigenvalue weighted by Crippen LogP contribution is 2.38. The van der Waals surface area contributed by atoms with Crippen LogP contribution >= 0.6 is 36.1 Å². The van der Waals surface area contributed by atoms with Gasteiger partial charge in [-0.3, -0.25) is 0 Å². The molecule has 0 unspecified atom stereocenters. The quantitative estimate of drug-likeness (QED) is 0.299. The molecule has 2 aromatic carbocycles. The van der Waals surface area contributed by atoms with Gasteiger partial charge in [-0.2, -0.15) is 13.2 Å². The van der Waals surface area contributed by atoms with Crippen LogP contribution in [0.25, 0.3) is 22.4 Å². The normalized spacial score (nSPS) is 11.4. The van der Waals surface area contributed by atoms with Crippen molar-refractivity contribution in [3.05, 3.63) is 70.1 Å². The van der Waals surface area contributed by atoms with Gasteiger partial charge in [0.1, 0.15) is 5.15 Å². The van der Waals surface area contributed by atoms with E-state index in [1.807, 2.05) is 0 Å². The van der Waals surface area contributed by atoms with E-state index in [0.717, 1.165) is 0 Å². The van der Waals surface area contributed by atoms with E-state index < -0.39 is 18.0 Å². The smallest absolute Gasteiger partial charge is 0.391 e. The van der Waals surface area contributed by atoms with E-state index in [9.17, 15) is 18.0 Å². The Labute approximate surface area is 172 Å². The fourth-order valence-corrected chi connectivity index (χ4v) is 2.97. The highest BCUT2D eigenvalue weighted by Gasteiger charge is 2.36. The molecule has 144 valence electrons. The second-order valence-electron chi connectivity index (χ2n) is 5.52. The first-order valence-electron chi connectivity index (χ1n) is 7.57. The first-order valence-corrected chi connectivity index (χ1v) is 8.69. The summed E-state index contributed by atoms with van der Waals surface area (Å²) < 4.78 is 43.9. The molecule has 0 aliphatic carbocycles. The molecule has 28 heavy (non-hydrogen) atoms. The van der Waals surface area contributed by atoms with Gasteiger partial charge in [0.05, 0.1) is 11.3 Å². The molecule has 0 amide bonds. The number of carbonyl (C=O) groups excluding carboxylic acids is 1. The van der Waals surface area contributed by atoms with E-state index in [-0.39, 0.29) is 22.0 Å². The predicted octanol–water partition coefficient (Wildman–Crippen LogP) is 6.14. The molecule has 0 aliphatic rings. The summed E-state index contributed by atoms with van der Waals surface area (Å²) >= 11 is 15.4. The number of nitrogens with zero attached hydrogens (tertiary/aromatic N) is 2. The van der Waals surface area contributed by atoms with Crippen LogP contribution < -0.4 is 0 Å². The summed E-state index contributed by atoms with van der Waals surface area (Å²) in [6, 6.07) is 11.9. The summed E-state index contributed by atoms with van der Waals surface area (Å²) in [5.74, 6) is -2.08. The van der Waals surface area contributed by atoms with Gasteiger partial charge in [-0.1, -0.05) is 47.5 Å². The fraction of sp³-hybridized carbons (Fsp3) is 0.0556. The lowest BCUT2D eigenvalue weighted by atomic mass is 9.99. The van der Waals surface area contributed by atoms with Crippen LogP contribution in [-0.4, -0.2) is 15.9 Å². The van der Waals surface area contributed by atoms with Gasteiger partial charge in [0.2, 0.25) is 5.82 Å². The van der Waals surface area contributed by atoms with Crippen molar-refractivity contribution in [2.24, 2.45) is 0 Å². The van der Waals surface area contributed by atoms with E-state index in [1.54, 1.807) is 24.3 Å². The van der Waals surface area contributed by atoms with E-state index in [0.29, 0.717) is 16.1 Å². The van der Waals surface area contributed by atoms with Crippen LogP contribution in [0.1, 0.15) is 16.2 Å². The molecular weight excluding hydrogens is 436 g/mol. The highest BCUT2D eigenvalue weighted by atomic mass is 35.5. The molecule has 4 nitrogen and oxygen atoms in total. The van der Waals surface area contributed by atoms with E-state index in [1.165, 1.54) is 24.3 Å². The second-order valence-corrected chi connectivity index (χ2v) is 6.50. The summed E-state index contributed by atoms with van der Waals surface area (Å²) in [4.78, 5) is 18.6. The van der Waals surface area contributed by atoms with Crippen LogP contribution in [-0.2, 0) is 10.4 Å². The molecule has 3 rings (SSSR count). The number of halogens is 5. The molecule has 0 atom stereocenters. The van der Waals surface area contributed by atoms with Crippen molar-refractivity contribution in [2.45, 2.75) is 6.18 Å². The number of aromatic nitrogens is 2. The predicted molar refractivity (Wildman–Crippen MR) is 102 cm³/mol. The minimum absolute atomic E-state index is 0.0413.